The lowest BCUT2D eigenvalue weighted by molar-refractivity contribution is -0.121. The third-order valence-electron chi connectivity index (χ3n) is 2.99. The number of rotatable bonds is 5. The van der Waals surface area contributed by atoms with E-state index in [1.807, 2.05) is 24.0 Å². The molecule has 1 aromatic rings. The highest BCUT2D eigenvalue weighted by molar-refractivity contribution is 5.98. The van der Waals surface area contributed by atoms with Crippen molar-refractivity contribution < 1.29 is 9.59 Å². The van der Waals surface area contributed by atoms with E-state index in [-0.39, 0.29) is 5.91 Å². The molecule has 3 amide bonds. The van der Waals surface area contributed by atoms with Gasteiger partial charge < -0.3 is 16.0 Å². The zero-order valence-corrected chi connectivity index (χ0v) is 12.1. The van der Waals surface area contributed by atoms with Gasteiger partial charge in [0.05, 0.1) is 0 Å². The summed E-state index contributed by atoms with van der Waals surface area (Å²) in [7, 11) is 0. The first-order valence-electron chi connectivity index (χ1n) is 6.70. The van der Waals surface area contributed by atoms with Crippen LogP contribution < -0.4 is 21.3 Å². The lowest BCUT2D eigenvalue weighted by Crippen LogP contribution is -2.49. The molecule has 0 aliphatic heterocycles. The number of imide groups is 1. The highest BCUT2D eigenvalue weighted by atomic mass is 16.2. The second kappa shape index (κ2) is 7.37. The van der Waals surface area contributed by atoms with Crippen LogP contribution >= 0.6 is 0 Å². The Morgan fingerprint density at radius 3 is 2.35 bits per heavy atom. The summed E-state index contributed by atoms with van der Waals surface area (Å²) >= 11 is 0. The number of nitrogens with one attached hydrogen (secondary N) is 2. The van der Waals surface area contributed by atoms with E-state index in [2.05, 4.69) is 10.6 Å². The van der Waals surface area contributed by atoms with Gasteiger partial charge in [-0.15, -0.1) is 0 Å². The Hall–Kier alpha value is -2.24. The number of amides is 3. The Balaban J connectivity index is 2.76. The van der Waals surface area contributed by atoms with Gasteiger partial charge in [0, 0.05) is 24.5 Å². The van der Waals surface area contributed by atoms with Crippen LogP contribution in [0.2, 0.25) is 0 Å². The molecule has 0 heterocycles. The smallest absolute Gasteiger partial charge is 0.321 e. The fourth-order valence-corrected chi connectivity index (χ4v) is 1.91. The van der Waals surface area contributed by atoms with Crippen LogP contribution in [0, 0.1) is 0 Å². The summed E-state index contributed by atoms with van der Waals surface area (Å²) in [4.78, 5) is 25.3. The fourth-order valence-electron chi connectivity index (χ4n) is 1.91. The number of likely N-dealkylation sites (N-methyl/N-ethyl adjacent to an activating group) is 1. The first-order chi connectivity index (χ1) is 9.49. The van der Waals surface area contributed by atoms with Crippen molar-refractivity contribution in [2.24, 2.45) is 0 Å². The van der Waals surface area contributed by atoms with Gasteiger partial charge in [-0.3, -0.25) is 10.1 Å². The first kappa shape index (κ1) is 15.8. The zero-order chi connectivity index (χ0) is 15.1. The molecular weight excluding hydrogens is 256 g/mol. The van der Waals surface area contributed by atoms with Crippen LogP contribution in [0.4, 0.5) is 16.2 Å². The molecule has 1 atom stereocenters. The normalized spacial score (nSPS) is 11.6. The Bertz CT molecular complexity index is 459. The van der Waals surface area contributed by atoms with Crippen molar-refractivity contribution in [3.05, 3.63) is 24.3 Å². The maximum absolute atomic E-state index is 12.0. The molecule has 6 nitrogen and oxygen atoms in total. The Morgan fingerprint density at radius 2 is 1.85 bits per heavy atom. The molecule has 0 spiro atoms. The predicted molar refractivity (Wildman–Crippen MR) is 80.6 cm³/mol. The standard InChI is InChI=1S/C14H22N4O2/c1-4-16-14(20)17-13(19)10(3)18(5-2)12-8-6-11(15)7-9-12/h6-10H,4-5,15H2,1-3H3,(H2,16,17,19,20). The van der Waals surface area contributed by atoms with Gasteiger partial charge in [0.15, 0.2) is 0 Å². The maximum Gasteiger partial charge on any atom is 0.321 e. The van der Waals surface area contributed by atoms with Gasteiger partial charge in [0.1, 0.15) is 6.04 Å². The summed E-state index contributed by atoms with van der Waals surface area (Å²) in [5.41, 5.74) is 7.21. The Labute approximate surface area is 119 Å². The number of carbonyl (C=O) groups is 2. The summed E-state index contributed by atoms with van der Waals surface area (Å²) in [6.45, 7) is 6.62. The van der Waals surface area contributed by atoms with E-state index in [0.29, 0.717) is 18.8 Å². The fraction of sp³-hybridized carbons (Fsp3) is 0.429. The van der Waals surface area contributed by atoms with E-state index in [9.17, 15) is 9.59 Å². The summed E-state index contributed by atoms with van der Waals surface area (Å²) in [6, 6.07) is 6.35. The number of nitrogens with two attached hydrogens (primary N) is 1. The molecule has 20 heavy (non-hydrogen) atoms. The van der Waals surface area contributed by atoms with E-state index < -0.39 is 12.1 Å². The van der Waals surface area contributed by atoms with Crippen LogP contribution in [0.3, 0.4) is 0 Å². The molecule has 0 saturated heterocycles. The molecule has 0 saturated carbocycles. The maximum atomic E-state index is 12.0. The third kappa shape index (κ3) is 4.15. The van der Waals surface area contributed by atoms with E-state index in [1.165, 1.54) is 0 Å². The number of benzene rings is 1. The average molecular weight is 278 g/mol. The Kier molecular flexibility index (Phi) is 5.83. The highest BCUT2D eigenvalue weighted by Gasteiger charge is 2.21. The second-order valence-corrected chi connectivity index (χ2v) is 4.40. The molecule has 0 bridgehead atoms. The minimum Gasteiger partial charge on any atom is -0.399 e. The summed E-state index contributed by atoms with van der Waals surface area (Å²) in [5.74, 6) is -0.338. The van der Waals surface area contributed by atoms with E-state index in [1.54, 1.807) is 26.0 Å². The number of nitrogen functional groups attached to an aromatic ring is 1. The molecule has 1 aromatic carbocycles. The zero-order valence-electron chi connectivity index (χ0n) is 12.1. The van der Waals surface area contributed by atoms with Gasteiger partial charge in [-0.2, -0.15) is 0 Å². The van der Waals surface area contributed by atoms with Crippen molar-refractivity contribution in [3.63, 3.8) is 0 Å². The SMILES string of the molecule is CCNC(=O)NC(=O)C(C)N(CC)c1ccc(N)cc1. The number of hydrogen-bond donors (Lipinski definition) is 3. The van der Waals surface area contributed by atoms with Crippen molar-refractivity contribution in [3.8, 4) is 0 Å². The van der Waals surface area contributed by atoms with E-state index in [4.69, 9.17) is 5.73 Å². The molecule has 1 unspecified atom stereocenters. The quantitative estimate of drug-likeness (QED) is 0.709. The van der Waals surface area contributed by atoms with Crippen LogP contribution in [0.1, 0.15) is 20.8 Å². The summed E-state index contributed by atoms with van der Waals surface area (Å²) in [6.07, 6.45) is 0. The molecule has 4 N–H and O–H groups in total. The molecule has 0 aliphatic rings. The molecule has 0 radical (unpaired) electrons. The highest BCUT2D eigenvalue weighted by Crippen LogP contribution is 2.18. The van der Waals surface area contributed by atoms with Crippen molar-refractivity contribution in [2.75, 3.05) is 23.7 Å². The largest absolute Gasteiger partial charge is 0.399 e. The van der Waals surface area contributed by atoms with Gasteiger partial charge in [0.25, 0.3) is 0 Å². The van der Waals surface area contributed by atoms with E-state index >= 15 is 0 Å². The lowest BCUT2D eigenvalue weighted by atomic mass is 10.2. The molecular formula is C14H22N4O2. The number of anilines is 2. The number of hydrogen-bond acceptors (Lipinski definition) is 4. The molecule has 0 aliphatic carbocycles. The first-order valence-corrected chi connectivity index (χ1v) is 6.70. The molecule has 110 valence electrons. The topological polar surface area (TPSA) is 87.5 Å². The van der Waals surface area contributed by atoms with Crippen molar-refractivity contribution in [1.82, 2.24) is 10.6 Å². The number of nitrogens with zero attached hydrogens (tertiary/aromatic N) is 1. The number of carbonyl (C=O) groups excluding carboxylic acids is 2. The minimum absolute atomic E-state index is 0.338. The van der Waals surface area contributed by atoms with Crippen LogP contribution in [0.25, 0.3) is 0 Å². The molecule has 0 aromatic heterocycles. The van der Waals surface area contributed by atoms with Crippen molar-refractivity contribution in [2.45, 2.75) is 26.8 Å². The van der Waals surface area contributed by atoms with Crippen molar-refractivity contribution >= 4 is 23.3 Å². The van der Waals surface area contributed by atoms with Gasteiger partial charge in [-0.25, -0.2) is 4.79 Å². The summed E-state index contributed by atoms with van der Waals surface area (Å²) < 4.78 is 0. The van der Waals surface area contributed by atoms with Crippen LogP contribution in [0.5, 0.6) is 0 Å². The minimum atomic E-state index is -0.474. The predicted octanol–water partition coefficient (Wildman–Crippen LogP) is 1.33. The van der Waals surface area contributed by atoms with Gasteiger partial charge in [0.2, 0.25) is 5.91 Å². The van der Waals surface area contributed by atoms with Crippen molar-refractivity contribution in [1.29, 1.82) is 0 Å². The van der Waals surface area contributed by atoms with Gasteiger partial charge in [-0.05, 0) is 45.0 Å². The monoisotopic (exact) mass is 278 g/mol. The van der Waals surface area contributed by atoms with Crippen LogP contribution in [0.15, 0.2) is 24.3 Å². The van der Waals surface area contributed by atoms with Gasteiger partial charge in [-0.1, -0.05) is 0 Å². The Morgan fingerprint density at radius 1 is 1.25 bits per heavy atom. The summed E-state index contributed by atoms with van der Waals surface area (Å²) in [5, 5.41) is 4.85. The molecule has 1 rings (SSSR count). The second-order valence-electron chi connectivity index (χ2n) is 4.40. The molecule has 6 heteroatoms. The average Bonchev–Trinajstić information content (AvgIpc) is 2.41. The lowest BCUT2D eigenvalue weighted by Gasteiger charge is -2.29. The third-order valence-corrected chi connectivity index (χ3v) is 2.99. The van der Waals surface area contributed by atoms with Crippen LogP contribution in [-0.4, -0.2) is 31.1 Å². The van der Waals surface area contributed by atoms with Gasteiger partial charge >= 0.3 is 6.03 Å². The van der Waals surface area contributed by atoms with Crippen LogP contribution in [-0.2, 0) is 4.79 Å². The van der Waals surface area contributed by atoms with E-state index in [0.717, 1.165) is 5.69 Å². The molecule has 0 fully saturated rings. The number of urea groups is 1.